The van der Waals surface area contributed by atoms with Gasteiger partial charge < -0.3 is 15.2 Å². The van der Waals surface area contributed by atoms with Crippen molar-refractivity contribution < 1.29 is 9.84 Å². The third kappa shape index (κ3) is 4.13. The smallest absolute Gasteiger partial charge is 0.237 e. The van der Waals surface area contributed by atoms with Crippen molar-refractivity contribution in [3.8, 4) is 11.6 Å². The van der Waals surface area contributed by atoms with E-state index in [0.717, 1.165) is 22.6 Å². The molecule has 7 nitrogen and oxygen atoms in total. The fraction of sp³-hybridized carbons (Fsp3) is 0.278. The molecule has 0 aliphatic heterocycles. The molecular formula is C18H21N5O2. The van der Waals surface area contributed by atoms with Crippen LogP contribution in [0.5, 0.6) is 11.6 Å². The van der Waals surface area contributed by atoms with Gasteiger partial charge in [0.2, 0.25) is 5.88 Å². The van der Waals surface area contributed by atoms with Crippen molar-refractivity contribution >= 4 is 5.69 Å². The van der Waals surface area contributed by atoms with Crippen molar-refractivity contribution in [2.75, 3.05) is 11.9 Å². The van der Waals surface area contributed by atoms with Crippen LogP contribution in [0.1, 0.15) is 17.0 Å². The van der Waals surface area contributed by atoms with Gasteiger partial charge in [-0.15, -0.1) is 0 Å². The zero-order valence-corrected chi connectivity index (χ0v) is 14.3. The minimum atomic E-state index is 0.0800. The number of aliphatic hydroxyl groups excluding tert-OH is 1. The quantitative estimate of drug-likeness (QED) is 0.688. The van der Waals surface area contributed by atoms with Crippen molar-refractivity contribution in [2.45, 2.75) is 26.9 Å². The Morgan fingerprint density at radius 1 is 1.24 bits per heavy atom. The molecule has 2 heterocycles. The summed E-state index contributed by atoms with van der Waals surface area (Å²) < 4.78 is 7.53. The van der Waals surface area contributed by atoms with Crippen LogP contribution in [0.2, 0.25) is 0 Å². The molecule has 0 unspecified atom stereocenters. The molecule has 25 heavy (non-hydrogen) atoms. The van der Waals surface area contributed by atoms with Crippen LogP contribution >= 0.6 is 0 Å². The lowest BCUT2D eigenvalue weighted by Crippen LogP contribution is -2.07. The summed E-state index contributed by atoms with van der Waals surface area (Å²) in [5.41, 5.74) is 4.10. The summed E-state index contributed by atoms with van der Waals surface area (Å²) >= 11 is 0. The van der Waals surface area contributed by atoms with Crippen LogP contribution in [-0.4, -0.2) is 31.5 Å². The number of anilines is 1. The molecule has 0 fully saturated rings. The predicted molar refractivity (Wildman–Crippen MR) is 94.7 cm³/mol. The molecule has 0 saturated heterocycles. The SMILES string of the molecule is Cc1nn(CCO)c(C)c1CNc1cccc(Oc2cnccn2)c1. The first-order chi connectivity index (χ1) is 12.2. The van der Waals surface area contributed by atoms with Gasteiger partial charge in [-0.3, -0.25) is 9.67 Å². The predicted octanol–water partition coefficient (Wildman–Crippen LogP) is 2.69. The molecule has 0 aliphatic carbocycles. The number of nitrogens with one attached hydrogen (secondary N) is 1. The Balaban J connectivity index is 1.69. The molecule has 0 bridgehead atoms. The van der Waals surface area contributed by atoms with Gasteiger partial charge in [0.15, 0.2) is 0 Å². The molecule has 2 N–H and O–H groups in total. The highest BCUT2D eigenvalue weighted by atomic mass is 16.5. The molecule has 3 rings (SSSR count). The lowest BCUT2D eigenvalue weighted by Gasteiger charge is -2.10. The Labute approximate surface area is 146 Å². The second kappa shape index (κ2) is 7.76. The van der Waals surface area contributed by atoms with Gasteiger partial charge in [0, 0.05) is 41.9 Å². The molecule has 130 valence electrons. The van der Waals surface area contributed by atoms with Gasteiger partial charge in [0.05, 0.1) is 25.0 Å². The molecule has 0 saturated carbocycles. The van der Waals surface area contributed by atoms with Crippen molar-refractivity contribution in [1.29, 1.82) is 0 Å². The van der Waals surface area contributed by atoms with Gasteiger partial charge >= 0.3 is 0 Å². The summed E-state index contributed by atoms with van der Waals surface area (Å²) in [6.07, 6.45) is 4.77. The number of aryl methyl sites for hydroxylation is 1. The van der Waals surface area contributed by atoms with Gasteiger partial charge in [-0.2, -0.15) is 5.10 Å². The molecule has 2 aromatic heterocycles. The molecular weight excluding hydrogens is 318 g/mol. The third-order valence-corrected chi connectivity index (χ3v) is 3.91. The molecule has 0 atom stereocenters. The Hall–Kier alpha value is -2.93. The Morgan fingerprint density at radius 3 is 2.88 bits per heavy atom. The summed E-state index contributed by atoms with van der Waals surface area (Å²) in [5.74, 6) is 1.14. The van der Waals surface area contributed by atoms with E-state index in [1.807, 2.05) is 42.8 Å². The van der Waals surface area contributed by atoms with Crippen LogP contribution in [0.4, 0.5) is 5.69 Å². The monoisotopic (exact) mass is 339 g/mol. The van der Waals surface area contributed by atoms with E-state index in [1.54, 1.807) is 18.6 Å². The summed E-state index contributed by atoms with van der Waals surface area (Å²) in [6.45, 7) is 5.23. The summed E-state index contributed by atoms with van der Waals surface area (Å²) in [6, 6.07) is 7.68. The van der Waals surface area contributed by atoms with Crippen molar-refractivity contribution in [3.05, 3.63) is 59.8 Å². The first-order valence-corrected chi connectivity index (χ1v) is 8.09. The topological polar surface area (TPSA) is 85.1 Å². The highest BCUT2D eigenvalue weighted by Gasteiger charge is 2.11. The third-order valence-electron chi connectivity index (χ3n) is 3.91. The number of hydrogen-bond donors (Lipinski definition) is 2. The second-order valence-corrected chi connectivity index (χ2v) is 5.62. The van der Waals surface area contributed by atoms with Crippen molar-refractivity contribution in [2.24, 2.45) is 0 Å². The van der Waals surface area contributed by atoms with E-state index in [0.29, 0.717) is 24.7 Å². The minimum Gasteiger partial charge on any atom is -0.437 e. The summed E-state index contributed by atoms with van der Waals surface area (Å²) in [4.78, 5) is 8.09. The van der Waals surface area contributed by atoms with Crippen LogP contribution in [0.3, 0.4) is 0 Å². The first kappa shape index (κ1) is 16.9. The molecule has 0 aliphatic rings. The highest BCUT2D eigenvalue weighted by Crippen LogP contribution is 2.23. The fourth-order valence-corrected chi connectivity index (χ4v) is 2.62. The first-order valence-electron chi connectivity index (χ1n) is 8.09. The van der Waals surface area contributed by atoms with Crippen molar-refractivity contribution in [3.63, 3.8) is 0 Å². The van der Waals surface area contributed by atoms with E-state index in [-0.39, 0.29) is 6.61 Å². The standard InChI is InChI=1S/C18H21N5O2/c1-13-17(14(2)23(22-13)8-9-24)11-21-15-4-3-5-16(10-15)25-18-12-19-6-7-20-18/h3-7,10,12,21,24H,8-9,11H2,1-2H3. The number of rotatable bonds is 7. The lowest BCUT2D eigenvalue weighted by molar-refractivity contribution is 0.268. The summed E-state index contributed by atoms with van der Waals surface area (Å²) in [5, 5.41) is 17.0. The number of ether oxygens (including phenoxy) is 1. The molecule has 0 amide bonds. The maximum Gasteiger partial charge on any atom is 0.237 e. The fourth-order valence-electron chi connectivity index (χ4n) is 2.62. The zero-order valence-electron chi connectivity index (χ0n) is 14.3. The Kier molecular flexibility index (Phi) is 5.25. The van der Waals surface area contributed by atoms with E-state index in [9.17, 15) is 0 Å². The Bertz CT molecular complexity index is 833. The van der Waals surface area contributed by atoms with E-state index >= 15 is 0 Å². The number of aliphatic hydroxyl groups is 1. The van der Waals surface area contributed by atoms with E-state index in [1.165, 1.54) is 0 Å². The zero-order chi connectivity index (χ0) is 17.6. The Morgan fingerprint density at radius 2 is 2.12 bits per heavy atom. The van der Waals surface area contributed by atoms with Crippen LogP contribution in [-0.2, 0) is 13.1 Å². The molecule has 1 aromatic carbocycles. The average molecular weight is 339 g/mol. The van der Waals surface area contributed by atoms with E-state index in [4.69, 9.17) is 9.84 Å². The number of aromatic nitrogens is 4. The van der Waals surface area contributed by atoms with Crippen molar-refractivity contribution in [1.82, 2.24) is 19.7 Å². The minimum absolute atomic E-state index is 0.0800. The van der Waals surface area contributed by atoms with Gasteiger partial charge in [0.1, 0.15) is 5.75 Å². The van der Waals surface area contributed by atoms with Gasteiger partial charge in [-0.25, -0.2) is 4.98 Å². The normalized spacial score (nSPS) is 10.7. The van der Waals surface area contributed by atoms with Crippen LogP contribution in [0.25, 0.3) is 0 Å². The van der Waals surface area contributed by atoms with Gasteiger partial charge in [-0.05, 0) is 26.0 Å². The van der Waals surface area contributed by atoms with E-state index in [2.05, 4.69) is 20.4 Å². The number of hydrogen-bond acceptors (Lipinski definition) is 6. The number of nitrogens with zero attached hydrogens (tertiary/aromatic N) is 4. The lowest BCUT2D eigenvalue weighted by atomic mass is 10.2. The van der Waals surface area contributed by atoms with E-state index < -0.39 is 0 Å². The van der Waals surface area contributed by atoms with Crippen LogP contribution in [0, 0.1) is 13.8 Å². The number of benzene rings is 1. The summed E-state index contributed by atoms with van der Waals surface area (Å²) in [7, 11) is 0. The van der Waals surface area contributed by atoms with Crippen LogP contribution < -0.4 is 10.1 Å². The second-order valence-electron chi connectivity index (χ2n) is 5.62. The maximum absolute atomic E-state index is 9.10. The molecule has 0 spiro atoms. The maximum atomic E-state index is 9.10. The highest BCUT2D eigenvalue weighted by molar-refractivity contribution is 5.49. The molecule has 0 radical (unpaired) electrons. The van der Waals surface area contributed by atoms with Gasteiger partial charge in [0.25, 0.3) is 0 Å². The average Bonchev–Trinajstić information content (AvgIpc) is 2.88. The molecule has 7 heteroatoms. The molecule has 3 aromatic rings. The van der Waals surface area contributed by atoms with Crippen LogP contribution in [0.15, 0.2) is 42.9 Å². The van der Waals surface area contributed by atoms with Gasteiger partial charge in [-0.1, -0.05) is 6.07 Å². The largest absolute Gasteiger partial charge is 0.437 e.